The lowest BCUT2D eigenvalue weighted by Crippen LogP contribution is -2.57. The summed E-state index contributed by atoms with van der Waals surface area (Å²) in [5.74, 6) is 4.23. The summed E-state index contributed by atoms with van der Waals surface area (Å²) in [6.45, 7) is 12.1. The molecule has 0 aromatic heterocycles. The van der Waals surface area contributed by atoms with Crippen LogP contribution in [0.5, 0.6) is 0 Å². The van der Waals surface area contributed by atoms with Gasteiger partial charge in [-0.1, -0.05) is 65.5 Å². The number of rotatable bonds is 5. The Kier molecular flexibility index (Phi) is 5.50. The molecule has 4 fully saturated rings. The normalized spacial score (nSPS) is 48.7. The molecule has 0 radical (unpaired) electrons. The molecule has 0 heterocycles. The van der Waals surface area contributed by atoms with Gasteiger partial charge in [-0.2, -0.15) is 0 Å². The predicted octanol–water partition coefficient (Wildman–Crippen LogP) is 6.75. The molecule has 0 unspecified atom stereocenters. The molecule has 176 valence electrons. The molecule has 0 bridgehead atoms. The van der Waals surface area contributed by atoms with Crippen LogP contribution in [-0.4, -0.2) is 22.4 Å². The fraction of sp³-hybridized carbons (Fsp3) is 0.931. The van der Waals surface area contributed by atoms with Crippen LogP contribution < -0.4 is 0 Å². The zero-order chi connectivity index (χ0) is 22.2. The molecule has 5 aliphatic rings. The first-order valence-electron chi connectivity index (χ1n) is 13.7. The second kappa shape index (κ2) is 7.59. The highest BCUT2D eigenvalue weighted by Gasteiger charge is 2.67. The summed E-state index contributed by atoms with van der Waals surface area (Å²) in [4.78, 5) is 0. The average molecular weight is 429 g/mol. The SMILES string of the molecule is CC(C)CCC[C@@H](C)[C@H]1CC[C@H]2[C@@H]3CC=C4C5(CC5)[C@H](O)CC[C@]4(C)[C@H]3C[C@H](O)[C@]12C. The van der Waals surface area contributed by atoms with Crippen LogP contribution in [0.4, 0.5) is 0 Å². The van der Waals surface area contributed by atoms with Gasteiger partial charge in [0.25, 0.3) is 0 Å². The summed E-state index contributed by atoms with van der Waals surface area (Å²) >= 11 is 0. The molecular weight excluding hydrogens is 380 g/mol. The Balaban J connectivity index is 1.39. The first-order chi connectivity index (χ1) is 14.6. The highest BCUT2D eigenvalue weighted by atomic mass is 16.3. The molecule has 2 N–H and O–H groups in total. The summed E-state index contributed by atoms with van der Waals surface area (Å²) in [5, 5.41) is 22.5. The lowest BCUT2D eigenvalue weighted by molar-refractivity contribution is -0.140. The third kappa shape index (κ3) is 3.17. The van der Waals surface area contributed by atoms with Gasteiger partial charge in [0.05, 0.1) is 12.2 Å². The molecular formula is C29H48O2. The van der Waals surface area contributed by atoms with E-state index in [4.69, 9.17) is 0 Å². The van der Waals surface area contributed by atoms with Gasteiger partial charge in [-0.05, 0) is 97.7 Å². The maximum absolute atomic E-state index is 11.7. The summed E-state index contributed by atoms with van der Waals surface area (Å²) in [6, 6.07) is 0. The van der Waals surface area contributed by atoms with Crippen LogP contribution in [-0.2, 0) is 0 Å². The summed E-state index contributed by atoms with van der Waals surface area (Å²) < 4.78 is 0. The smallest absolute Gasteiger partial charge is 0.0634 e. The van der Waals surface area contributed by atoms with E-state index in [1.54, 1.807) is 5.57 Å². The molecule has 0 aromatic rings. The van der Waals surface area contributed by atoms with Crippen LogP contribution >= 0.6 is 0 Å². The van der Waals surface area contributed by atoms with Crippen molar-refractivity contribution in [2.45, 2.75) is 117 Å². The van der Waals surface area contributed by atoms with Crippen LogP contribution in [0.15, 0.2) is 11.6 Å². The zero-order valence-electron chi connectivity index (χ0n) is 20.9. The molecule has 4 saturated carbocycles. The van der Waals surface area contributed by atoms with Crippen molar-refractivity contribution in [1.29, 1.82) is 0 Å². The molecule has 0 aromatic carbocycles. The Hall–Kier alpha value is -0.340. The van der Waals surface area contributed by atoms with E-state index in [1.807, 2.05) is 0 Å². The number of hydrogen-bond donors (Lipinski definition) is 2. The number of aliphatic hydroxyl groups excluding tert-OH is 2. The molecule has 2 heteroatoms. The van der Waals surface area contributed by atoms with E-state index in [-0.39, 0.29) is 28.5 Å². The van der Waals surface area contributed by atoms with Crippen molar-refractivity contribution < 1.29 is 10.2 Å². The number of fused-ring (bicyclic) bond motifs is 6. The number of hydrogen-bond acceptors (Lipinski definition) is 2. The fourth-order valence-corrected chi connectivity index (χ4v) is 9.79. The number of allylic oxidation sites excluding steroid dienone is 1. The van der Waals surface area contributed by atoms with Gasteiger partial charge in [-0.3, -0.25) is 0 Å². The molecule has 5 rings (SSSR count). The Morgan fingerprint density at radius 3 is 2.35 bits per heavy atom. The third-order valence-corrected chi connectivity index (χ3v) is 11.7. The van der Waals surface area contributed by atoms with E-state index in [9.17, 15) is 10.2 Å². The van der Waals surface area contributed by atoms with Crippen LogP contribution in [0.25, 0.3) is 0 Å². The minimum atomic E-state index is -0.156. The van der Waals surface area contributed by atoms with Crippen molar-refractivity contribution in [2.75, 3.05) is 0 Å². The lowest BCUT2D eigenvalue weighted by Gasteiger charge is -2.61. The molecule has 0 saturated heterocycles. The minimum Gasteiger partial charge on any atom is -0.393 e. The topological polar surface area (TPSA) is 40.5 Å². The van der Waals surface area contributed by atoms with E-state index in [1.165, 1.54) is 51.4 Å². The van der Waals surface area contributed by atoms with Crippen molar-refractivity contribution >= 4 is 0 Å². The Morgan fingerprint density at radius 2 is 1.68 bits per heavy atom. The van der Waals surface area contributed by atoms with E-state index < -0.39 is 0 Å². The fourth-order valence-electron chi connectivity index (χ4n) is 9.79. The van der Waals surface area contributed by atoms with Gasteiger partial charge >= 0.3 is 0 Å². The predicted molar refractivity (Wildman–Crippen MR) is 127 cm³/mol. The van der Waals surface area contributed by atoms with E-state index in [2.05, 4.69) is 40.7 Å². The summed E-state index contributed by atoms with van der Waals surface area (Å²) in [5.41, 5.74) is 2.03. The molecule has 1 spiro atoms. The van der Waals surface area contributed by atoms with Crippen molar-refractivity contribution in [3.8, 4) is 0 Å². The van der Waals surface area contributed by atoms with Gasteiger partial charge < -0.3 is 10.2 Å². The zero-order valence-corrected chi connectivity index (χ0v) is 20.9. The second-order valence-corrected chi connectivity index (χ2v) is 13.5. The Morgan fingerprint density at radius 1 is 0.935 bits per heavy atom. The van der Waals surface area contributed by atoms with Crippen molar-refractivity contribution in [3.63, 3.8) is 0 Å². The molecule has 2 nitrogen and oxygen atoms in total. The van der Waals surface area contributed by atoms with Gasteiger partial charge in [-0.25, -0.2) is 0 Å². The van der Waals surface area contributed by atoms with E-state index in [0.717, 1.165) is 37.0 Å². The van der Waals surface area contributed by atoms with Crippen LogP contribution in [0.2, 0.25) is 0 Å². The molecule has 5 aliphatic carbocycles. The van der Waals surface area contributed by atoms with E-state index >= 15 is 0 Å². The molecule has 0 aliphatic heterocycles. The Labute approximate surface area is 191 Å². The maximum atomic E-state index is 11.7. The van der Waals surface area contributed by atoms with Gasteiger partial charge in [-0.15, -0.1) is 0 Å². The maximum Gasteiger partial charge on any atom is 0.0634 e. The quantitative estimate of drug-likeness (QED) is 0.475. The third-order valence-electron chi connectivity index (χ3n) is 11.7. The van der Waals surface area contributed by atoms with Crippen molar-refractivity contribution in [3.05, 3.63) is 11.6 Å². The standard InChI is InChI=1S/C29H48O2/c1-18(2)7-6-8-19(3)21-10-11-22-20-9-12-24-27(4,14-13-25(30)29(24)15-16-29)23(20)17-26(31)28(21,22)5/h12,18-23,25-26,30-31H,6-11,13-17H2,1-5H3/t19-,20+,21-,22+,23+,25-,26+,27-,28-/m1/s1. The minimum absolute atomic E-state index is 0.103. The monoisotopic (exact) mass is 428 g/mol. The summed E-state index contributed by atoms with van der Waals surface area (Å²) in [7, 11) is 0. The van der Waals surface area contributed by atoms with Crippen LogP contribution in [0, 0.1) is 51.8 Å². The van der Waals surface area contributed by atoms with Gasteiger partial charge in [0.1, 0.15) is 0 Å². The van der Waals surface area contributed by atoms with Crippen LogP contribution in [0.3, 0.4) is 0 Å². The molecule has 31 heavy (non-hydrogen) atoms. The average Bonchev–Trinajstić information content (AvgIpc) is 3.42. The Bertz CT molecular complexity index is 720. The highest BCUT2D eigenvalue weighted by Crippen LogP contribution is 2.72. The van der Waals surface area contributed by atoms with E-state index in [0.29, 0.717) is 17.8 Å². The number of aliphatic hydroxyl groups is 2. The first kappa shape index (κ1) is 22.5. The largest absolute Gasteiger partial charge is 0.393 e. The molecule has 9 atom stereocenters. The van der Waals surface area contributed by atoms with Gasteiger partial charge in [0, 0.05) is 5.41 Å². The summed E-state index contributed by atoms with van der Waals surface area (Å²) in [6.07, 6.45) is 15.6. The lowest BCUT2D eigenvalue weighted by atomic mass is 9.44. The van der Waals surface area contributed by atoms with Crippen molar-refractivity contribution in [2.24, 2.45) is 51.8 Å². The van der Waals surface area contributed by atoms with Gasteiger partial charge in [0.15, 0.2) is 0 Å². The van der Waals surface area contributed by atoms with Gasteiger partial charge in [0.2, 0.25) is 0 Å². The van der Waals surface area contributed by atoms with Crippen LogP contribution in [0.1, 0.15) is 105 Å². The highest BCUT2D eigenvalue weighted by molar-refractivity contribution is 5.37. The van der Waals surface area contributed by atoms with Crippen molar-refractivity contribution in [1.82, 2.24) is 0 Å². The second-order valence-electron chi connectivity index (χ2n) is 13.5. The first-order valence-corrected chi connectivity index (χ1v) is 13.7. The molecule has 0 amide bonds.